The van der Waals surface area contributed by atoms with E-state index in [9.17, 15) is 9.59 Å². The van der Waals surface area contributed by atoms with Crippen LogP contribution in [0, 0.1) is 5.92 Å². The molecule has 0 bridgehead atoms. The molecule has 0 spiro atoms. The minimum atomic E-state index is -0.900. The van der Waals surface area contributed by atoms with E-state index < -0.39 is 5.97 Å². The van der Waals surface area contributed by atoms with E-state index in [1.807, 2.05) is 6.92 Å². The van der Waals surface area contributed by atoms with Gasteiger partial charge < -0.3 is 19.6 Å². The Bertz CT molecular complexity index is 335. The van der Waals surface area contributed by atoms with Gasteiger partial charge in [0, 0.05) is 19.6 Å². The van der Waals surface area contributed by atoms with E-state index in [2.05, 4.69) is 13.8 Å². The monoisotopic (exact) mass is 286 g/mol. The first-order chi connectivity index (χ1) is 9.49. The van der Waals surface area contributed by atoms with Crippen LogP contribution < -0.4 is 0 Å². The molecule has 1 heterocycles. The lowest BCUT2D eigenvalue weighted by molar-refractivity contribution is -0.139. The second kappa shape index (κ2) is 8.09. The number of rotatable bonds is 6. The Balaban J connectivity index is 2.71. The highest BCUT2D eigenvalue weighted by Gasteiger charge is 2.31. The van der Waals surface area contributed by atoms with Gasteiger partial charge in [-0.1, -0.05) is 20.3 Å². The van der Waals surface area contributed by atoms with Crippen LogP contribution in [0.2, 0.25) is 0 Å². The van der Waals surface area contributed by atoms with Crippen molar-refractivity contribution in [3.63, 3.8) is 0 Å². The van der Waals surface area contributed by atoms with E-state index in [1.165, 1.54) is 0 Å². The van der Waals surface area contributed by atoms with Gasteiger partial charge in [0.15, 0.2) is 0 Å². The molecule has 0 aromatic heterocycles. The Hall–Kier alpha value is -1.30. The molecular weight excluding hydrogens is 260 g/mol. The predicted molar refractivity (Wildman–Crippen MR) is 75.7 cm³/mol. The summed E-state index contributed by atoms with van der Waals surface area (Å²) in [6.45, 7) is 8.76. The molecule has 0 aliphatic carbocycles. The van der Waals surface area contributed by atoms with E-state index in [-0.39, 0.29) is 18.5 Å². The van der Waals surface area contributed by atoms with Gasteiger partial charge in [0.1, 0.15) is 0 Å². The summed E-state index contributed by atoms with van der Waals surface area (Å²) in [4.78, 5) is 26.9. The molecule has 2 atom stereocenters. The molecule has 0 aromatic rings. The third kappa shape index (κ3) is 4.67. The fourth-order valence-corrected chi connectivity index (χ4v) is 2.31. The first kappa shape index (κ1) is 16.8. The molecule has 2 unspecified atom stereocenters. The summed E-state index contributed by atoms with van der Waals surface area (Å²) in [6, 6.07) is -0.429. The van der Waals surface area contributed by atoms with Crippen molar-refractivity contribution in [2.24, 2.45) is 5.92 Å². The summed E-state index contributed by atoms with van der Waals surface area (Å²) in [7, 11) is 0. The molecule has 6 nitrogen and oxygen atoms in total. The van der Waals surface area contributed by atoms with Crippen LogP contribution in [0.15, 0.2) is 0 Å². The summed E-state index contributed by atoms with van der Waals surface area (Å²) in [5.74, 6) is -0.457. The Morgan fingerprint density at radius 1 is 1.45 bits per heavy atom. The molecule has 20 heavy (non-hydrogen) atoms. The molecule has 0 aromatic carbocycles. The lowest BCUT2D eigenvalue weighted by atomic mass is 10.1. The van der Waals surface area contributed by atoms with Crippen LogP contribution in [0.1, 0.15) is 33.6 Å². The Kier molecular flexibility index (Phi) is 6.78. The highest BCUT2D eigenvalue weighted by atomic mass is 16.5. The number of urea groups is 1. The van der Waals surface area contributed by atoms with Crippen molar-refractivity contribution >= 4 is 12.0 Å². The molecule has 116 valence electrons. The van der Waals surface area contributed by atoms with Crippen molar-refractivity contribution in [2.75, 3.05) is 32.8 Å². The molecule has 1 aliphatic heterocycles. The molecule has 0 saturated carbocycles. The number of carboxylic acid groups (broad SMARTS) is 1. The van der Waals surface area contributed by atoms with Crippen LogP contribution in [0.4, 0.5) is 4.79 Å². The SMILES string of the molecule is CCC(C)CN(CC)C(=O)N1CCOCC1CC(=O)O. The van der Waals surface area contributed by atoms with E-state index in [4.69, 9.17) is 9.84 Å². The average molecular weight is 286 g/mol. The second-order valence-corrected chi connectivity index (χ2v) is 5.35. The van der Waals surface area contributed by atoms with E-state index in [1.54, 1.807) is 9.80 Å². The number of carbonyl (C=O) groups excluding carboxylic acids is 1. The van der Waals surface area contributed by atoms with E-state index >= 15 is 0 Å². The molecule has 1 rings (SSSR count). The number of hydrogen-bond donors (Lipinski definition) is 1. The zero-order valence-corrected chi connectivity index (χ0v) is 12.7. The first-order valence-electron chi connectivity index (χ1n) is 7.34. The Morgan fingerprint density at radius 3 is 2.70 bits per heavy atom. The summed E-state index contributed by atoms with van der Waals surface area (Å²) < 4.78 is 5.30. The third-order valence-electron chi connectivity index (χ3n) is 3.76. The number of carboxylic acids is 1. The van der Waals surface area contributed by atoms with Crippen molar-refractivity contribution < 1.29 is 19.4 Å². The molecule has 1 N–H and O–H groups in total. The van der Waals surface area contributed by atoms with Gasteiger partial charge in [0.05, 0.1) is 25.7 Å². The highest BCUT2D eigenvalue weighted by molar-refractivity contribution is 5.76. The van der Waals surface area contributed by atoms with Gasteiger partial charge in [-0.2, -0.15) is 0 Å². The first-order valence-corrected chi connectivity index (χ1v) is 7.34. The van der Waals surface area contributed by atoms with Crippen molar-refractivity contribution in [3.05, 3.63) is 0 Å². The summed E-state index contributed by atoms with van der Waals surface area (Å²) in [5, 5.41) is 8.94. The van der Waals surface area contributed by atoms with Gasteiger partial charge in [0.2, 0.25) is 0 Å². The van der Waals surface area contributed by atoms with Crippen LogP contribution >= 0.6 is 0 Å². The van der Waals surface area contributed by atoms with E-state index in [0.29, 0.717) is 38.8 Å². The molecule has 2 amide bonds. The number of carbonyl (C=O) groups is 2. The van der Waals surface area contributed by atoms with Gasteiger partial charge in [-0.05, 0) is 12.8 Å². The van der Waals surface area contributed by atoms with E-state index in [0.717, 1.165) is 6.42 Å². The van der Waals surface area contributed by atoms with Crippen molar-refractivity contribution in [1.29, 1.82) is 0 Å². The van der Waals surface area contributed by atoms with Gasteiger partial charge in [-0.15, -0.1) is 0 Å². The Labute approximate surface area is 120 Å². The number of morpholine rings is 1. The molecule has 0 radical (unpaired) electrons. The topological polar surface area (TPSA) is 70.1 Å². The largest absolute Gasteiger partial charge is 0.481 e. The van der Waals surface area contributed by atoms with Crippen molar-refractivity contribution in [1.82, 2.24) is 9.80 Å². The number of hydrogen-bond acceptors (Lipinski definition) is 3. The van der Waals surface area contributed by atoms with Crippen molar-refractivity contribution in [3.8, 4) is 0 Å². The standard InChI is InChI=1S/C14H26N2O4/c1-4-11(3)9-15(5-2)14(19)16-6-7-20-10-12(16)8-13(17)18/h11-12H,4-10H2,1-3H3,(H,17,18). The molecule has 6 heteroatoms. The van der Waals surface area contributed by atoms with Crippen LogP contribution in [-0.2, 0) is 9.53 Å². The highest BCUT2D eigenvalue weighted by Crippen LogP contribution is 2.15. The maximum atomic E-state index is 12.6. The minimum Gasteiger partial charge on any atom is -0.481 e. The zero-order chi connectivity index (χ0) is 15.1. The molecule has 1 aliphatic rings. The van der Waals surface area contributed by atoms with Gasteiger partial charge in [-0.25, -0.2) is 4.79 Å². The maximum Gasteiger partial charge on any atom is 0.320 e. The fourth-order valence-electron chi connectivity index (χ4n) is 2.31. The summed E-state index contributed by atoms with van der Waals surface area (Å²) in [5.41, 5.74) is 0. The average Bonchev–Trinajstić information content (AvgIpc) is 2.43. The van der Waals surface area contributed by atoms with Gasteiger partial charge in [-0.3, -0.25) is 4.79 Å². The number of aliphatic carboxylic acids is 1. The van der Waals surface area contributed by atoms with Crippen molar-refractivity contribution in [2.45, 2.75) is 39.7 Å². The fraction of sp³-hybridized carbons (Fsp3) is 0.857. The third-order valence-corrected chi connectivity index (χ3v) is 3.76. The predicted octanol–water partition coefficient (Wildman–Crippen LogP) is 1.65. The lowest BCUT2D eigenvalue weighted by Gasteiger charge is -2.38. The zero-order valence-electron chi connectivity index (χ0n) is 12.7. The summed E-state index contributed by atoms with van der Waals surface area (Å²) in [6.07, 6.45) is 0.956. The number of amides is 2. The second-order valence-electron chi connectivity index (χ2n) is 5.35. The maximum absolute atomic E-state index is 12.6. The van der Waals surface area contributed by atoms with Crippen LogP contribution in [-0.4, -0.2) is 65.8 Å². The van der Waals surface area contributed by atoms with Crippen LogP contribution in [0.25, 0.3) is 0 Å². The van der Waals surface area contributed by atoms with Crippen LogP contribution in [0.5, 0.6) is 0 Å². The molecular formula is C14H26N2O4. The number of nitrogens with zero attached hydrogens (tertiary/aromatic N) is 2. The van der Waals surface area contributed by atoms with Crippen LogP contribution in [0.3, 0.4) is 0 Å². The quantitative estimate of drug-likeness (QED) is 0.806. The normalized spacial score (nSPS) is 20.6. The Morgan fingerprint density at radius 2 is 2.15 bits per heavy atom. The molecule has 1 fully saturated rings. The number of ether oxygens (including phenoxy) is 1. The smallest absolute Gasteiger partial charge is 0.320 e. The lowest BCUT2D eigenvalue weighted by Crippen LogP contribution is -2.54. The van der Waals surface area contributed by atoms with Gasteiger partial charge >= 0.3 is 12.0 Å². The summed E-state index contributed by atoms with van der Waals surface area (Å²) >= 11 is 0. The minimum absolute atomic E-state index is 0.0629. The molecule has 1 saturated heterocycles. The van der Waals surface area contributed by atoms with Gasteiger partial charge in [0.25, 0.3) is 0 Å².